The Bertz CT molecular complexity index is 557. The van der Waals surface area contributed by atoms with E-state index in [2.05, 4.69) is 73.0 Å². The molecule has 1 N–H and O–H groups in total. The van der Waals surface area contributed by atoms with Crippen LogP contribution < -0.4 is 5.32 Å². The van der Waals surface area contributed by atoms with Gasteiger partial charge in [-0.1, -0.05) is 41.5 Å². The first kappa shape index (κ1) is 28.3. The highest BCUT2D eigenvalue weighted by Crippen LogP contribution is 2.39. The topological polar surface area (TPSA) is 73.9 Å². The number of nitrogens with one attached hydrogen (secondary N) is 1. The van der Waals surface area contributed by atoms with Crippen LogP contribution >= 0.6 is 0 Å². The average molecular weight is 448 g/mol. The molecule has 6 nitrogen and oxygen atoms in total. The number of rotatable bonds is 8. The van der Waals surface area contributed by atoms with Gasteiger partial charge in [-0.2, -0.15) is 0 Å². The molecule has 0 heterocycles. The van der Waals surface area contributed by atoms with Crippen molar-refractivity contribution < 1.29 is 23.2 Å². The van der Waals surface area contributed by atoms with Crippen molar-refractivity contribution >= 4 is 29.0 Å². The minimum absolute atomic E-state index is 0.0315. The van der Waals surface area contributed by atoms with Crippen molar-refractivity contribution in [1.82, 2.24) is 5.32 Å². The summed E-state index contributed by atoms with van der Waals surface area (Å²) >= 11 is 0. The lowest BCUT2D eigenvalue weighted by Gasteiger charge is -2.42. The highest BCUT2D eigenvalue weighted by molar-refractivity contribution is 6.74. The number of ether oxygens (including phenoxy) is 1. The molecular formula is C21H45NO5Si2. The number of amides is 1. The standard InChI is InChI=1S/C21H45NO5Si2/c1-19(2,3)26-18(24)22-16(14-23)17(27-29(12,13)21(7,8)9)15-25-28(10,11)20(4,5)6/h14,16-17H,15H2,1-13H3,(H,22,24)/t16-,17-/m0/s1. The summed E-state index contributed by atoms with van der Waals surface area (Å²) in [7, 11) is -4.25. The number of hydrogen-bond acceptors (Lipinski definition) is 5. The van der Waals surface area contributed by atoms with E-state index in [1.165, 1.54) is 0 Å². The second-order valence-corrected chi connectivity index (χ2v) is 21.4. The Balaban J connectivity index is 5.64. The smallest absolute Gasteiger partial charge is 0.408 e. The quantitative estimate of drug-likeness (QED) is 0.393. The van der Waals surface area contributed by atoms with E-state index in [9.17, 15) is 9.59 Å². The Morgan fingerprint density at radius 1 is 0.897 bits per heavy atom. The molecule has 0 saturated heterocycles. The molecule has 0 aliphatic carbocycles. The summed E-state index contributed by atoms with van der Waals surface area (Å²) in [5, 5.41) is 2.67. The molecule has 0 bridgehead atoms. The average Bonchev–Trinajstić information content (AvgIpc) is 2.45. The molecule has 0 unspecified atom stereocenters. The predicted molar refractivity (Wildman–Crippen MR) is 124 cm³/mol. The molecule has 2 atom stereocenters. The van der Waals surface area contributed by atoms with Gasteiger partial charge in [-0.25, -0.2) is 4.79 Å². The molecule has 0 aromatic carbocycles. The van der Waals surface area contributed by atoms with Crippen LogP contribution in [0.1, 0.15) is 62.3 Å². The highest BCUT2D eigenvalue weighted by Gasteiger charge is 2.43. The fourth-order valence-corrected chi connectivity index (χ4v) is 4.27. The van der Waals surface area contributed by atoms with Crippen molar-refractivity contribution in [2.75, 3.05) is 6.61 Å². The summed E-state index contributed by atoms with van der Waals surface area (Å²) in [5.41, 5.74) is -0.648. The van der Waals surface area contributed by atoms with Gasteiger partial charge in [0.15, 0.2) is 16.6 Å². The van der Waals surface area contributed by atoms with E-state index in [1.54, 1.807) is 20.8 Å². The fourth-order valence-electron chi connectivity index (χ4n) is 1.93. The summed E-state index contributed by atoms with van der Waals surface area (Å²) in [6.07, 6.45) is -0.489. The molecule has 0 radical (unpaired) electrons. The molecule has 0 fully saturated rings. The molecule has 0 aliphatic heterocycles. The molecule has 172 valence electrons. The zero-order chi connectivity index (χ0) is 23.5. The Labute approximate surface area is 180 Å². The number of aldehydes is 1. The summed E-state index contributed by atoms with van der Waals surface area (Å²) in [5.74, 6) is 0. The minimum atomic E-state index is -2.20. The van der Waals surface area contributed by atoms with Gasteiger partial charge in [0.25, 0.3) is 0 Å². The van der Waals surface area contributed by atoms with Crippen molar-refractivity contribution in [1.29, 1.82) is 0 Å². The van der Waals surface area contributed by atoms with Gasteiger partial charge in [-0.15, -0.1) is 0 Å². The van der Waals surface area contributed by atoms with Crippen molar-refractivity contribution in [3.8, 4) is 0 Å². The summed E-state index contributed by atoms with van der Waals surface area (Å²) in [6.45, 7) is 27.1. The minimum Gasteiger partial charge on any atom is -0.444 e. The van der Waals surface area contributed by atoms with Crippen LogP contribution in [0.2, 0.25) is 36.3 Å². The van der Waals surface area contributed by atoms with Gasteiger partial charge in [-0.05, 0) is 57.0 Å². The summed E-state index contributed by atoms with van der Waals surface area (Å²) in [6, 6.07) is -0.844. The van der Waals surface area contributed by atoms with Gasteiger partial charge in [0.2, 0.25) is 0 Å². The second kappa shape index (κ2) is 9.62. The lowest BCUT2D eigenvalue weighted by Crippen LogP contribution is -2.56. The van der Waals surface area contributed by atoms with Gasteiger partial charge >= 0.3 is 6.09 Å². The zero-order valence-corrected chi connectivity index (χ0v) is 23.0. The molecule has 29 heavy (non-hydrogen) atoms. The highest BCUT2D eigenvalue weighted by atomic mass is 28.4. The lowest BCUT2D eigenvalue weighted by atomic mass is 10.2. The third-order valence-electron chi connectivity index (χ3n) is 5.90. The van der Waals surface area contributed by atoms with E-state index in [4.69, 9.17) is 13.6 Å². The van der Waals surface area contributed by atoms with Crippen molar-refractivity contribution in [3.63, 3.8) is 0 Å². The van der Waals surface area contributed by atoms with Crippen molar-refractivity contribution in [3.05, 3.63) is 0 Å². The van der Waals surface area contributed by atoms with Gasteiger partial charge in [0.05, 0.1) is 12.7 Å². The van der Waals surface area contributed by atoms with E-state index in [-0.39, 0.29) is 16.7 Å². The molecule has 0 aromatic heterocycles. The van der Waals surface area contributed by atoms with Gasteiger partial charge < -0.3 is 23.7 Å². The molecule has 0 saturated carbocycles. The Morgan fingerprint density at radius 3 is 1.69 bits per heavy atom. The Morgan fingerprint density at radius 2 is 1.34 bits per heavy atom. The van der Waals surface area contributed by atoms with Crippen LogP contribution in [-0.2, 0) is 18.4 Å². The maximum Gasteiger partial charge on any atom is 0.408 e. The third-order valence-corrected chi connectivity index (χ3v) is 14.9. The molecule has 0 rings (SSSR count). The SMILES string of the molecule is CC(C)(C)OC(=O)N[C@@H](C=O)[C@H](CO[Si](C)(C)C(C)(C)C)O[Si](C)(C)C(C)(C)C. The van der Waals surface area contributed by atoms with Crippen molar-refractivity contribution in [2.45, 2.75) is 116 Å². The van der Waals surface area contributed by atoms with E-state index in [0.29, 0.717) is 0 Å². The van der Waals surface area contributed by atoms with Crippen LogP contribution in [0, 0.1) is 0 Å². The first-order valence-corrected chi connectivity index (χ1v) is 16.2. The van der Waals surface area contributed by atoms with Crippen LogP contribution in [-0.4, -0.2) is 53.4 Å². The zero-order valence-electron chi connectivity index (χ0n) is 21.0. The number of hydrogen-bond donors (Lipinski definition) is 1. The summed E-state index contributed by atoms with van der Waals surface area (Å²) in [4.78, 5) is 24.2. The van der Waals surface area contributed by atoms with E-state index in [1.807, 2.05) is 0 Å². The van der Waals surface area contributed by atoms with E-state index >= 15 is 0 Å². The van der Waals surface area contributed by atoms with Gasteiger partial charge in [-0.3, -0.25) is 0 Å². The van der Waals surface area contributed by atoms with Crippen LogP contribution in [0.5, 0.6) is 0 Å². The van der Waals surface area contributed by atoms with Crippen LogP contribution in [0.15, 0.2) is 0 Å². The Hall–Kier alpha value is -0.706. The number of carbonyl (C=O) groups is 2. The Kier molecular flexibility index (Phi) is 9.38. The third kappa shape index (κ3) is 9.32. The molecule has 1 amide bonds. The number of alkyl carbamates (subject to hydrolysis) is 1. The second-order valence-electron chi connectivity index (χ2n) is 11.8. The molecular weight excluding hydrogens is 402 g/mol. The van der Waals surface area contributed by atoms with Crippen LogP contribution in [0.3, 0.4) is 0 Å². The van der Waals surface area contributed by atoms with Gasteiger partial charge in [0.1, 0.15) is 17.9 Å². The number of carbonyl (C=O) groups excluding carboxylic acids is 2. The predicted octanol–water partition coefficient (Wildman–Crippen LogP) is 5.49. The van der Waals surface area contributed by atoms with Crippen molar-refractivity contribution in [2.24, 2.45) is 0 Å². The van der Waals surface area contributed by atoms with E-state index in [0.717, 1.165) is 6.29 Å². The van der Waals surface area contributed by atoms with Gasteiger partial charge in [0, 0.05) is 0 Å². The lowest BCUT2D eigenvalue weighted by molar-refractivity contribution is -0.112. The van der Waals surface area contributed by atoms with Crippen LogP contribution in [0.4, 0.5) is 4.79 Å². The largest absolute Gasteiger partial charge is 0.444 e. The first-order valence-electron chi connectivity index (χ1n) is 10.4. The molecule has 0 spiro atoms. The maximum absolute atomic E-state index is 12.3. The van der Waals surface area contributed by atoms with E-state index < -0.39 is 40.5 Å². The molecule has 0 aliphatic rings. The maximum atomic E-state index is 12.3. The molecule has 8 heteroatoms. The molecule has 0 aromatic rings. The summed E-state index contributed by atoms with van der Waals surface area (Å²) < 4.78 is 18.2. The van der Waals surface area contributed by atoms with Crippen LogP contribution in [0.25, 0.3) is 0 Å². The first-order chi connectivity index (χ1) is 12.6. The fraction of sp³-hybridized carbons (Fsp3) is 0.905. The monoisotopic (exact) mass is 447 g/mol. The normalized spacial score (nSPS) is 16.2.